The van der Waals surface area contributed by atoms with Crippen molar-refractivity contribution < 1.29 is 4.52 Å². The maximum absolute atomic E-state index is 5.77. The zero-order chi connectivity index (χ0) is 12.5. The van der Waals surface area contributed by atoms with Crippen molar-refractivity contribution >= 4 is 10.8 Å². The molecule has 1 atom stereocenters. The molecule has 0 aliphatic carbocycles. The molecule has 0 amide bonds. The Morgan fingerprint density at radius 3 is 2.83 bits per heavy atom. The second-order valence-corrected chi connectivity index (χ2v) is 4.31. The van der Waals surface area contributed by atoms with Crippen molar-refractivity contribution in [1.29, 1.82) is 0 Å². The minimum atomic E-state index is -0.158. The number of aromatic nitrogens is 2. The molecule has 2 heterocycles. The predicted octanol–water partition coefficient (Wildman–Crippen LogP) is 2.91. The van der Waals surface area contributed by atoms with Gasteiger partial charge in [-0.3, -0.25) is 4.98 Å². The summed E-state index contributed by atoms with van der Waals surface area (Å²) in [7, 11) is 0. The van der Waals surface area contributed by atoms with E-state index < -0.39 is 0 Å². The molecule has 3 aromatic rings. The van der Waals surface area contributed by atoms with Gasteiger partial charge in [-0.05, 0) is 12.3 Å². The van der Waals surface area contributed by atoms with Crippen LogP contribution >= 0.6 is 0 Å². The first-order chi connectivity index (χ1) is 8.75. The smallest absolute Gasteiger partial charge is 0.153 e. The Morgan fingerprint density at radius 2 is 2.06 bits per heavy atom. The second-order valence-electron chi connectivity index (χ2n) is 4.31. The van der Waals surface area contributed by atoms with E-state index in [1.54, 1.807) is 6.20 Å². The molecule has 0 bridgehead atoms. The van der Waals surface area contributed by atoms with E-state index in [0.29, 0.717) is 5.76 Å². The average molecular weight is 239 g/mol. The molecule has 0 spiro atoms. The molecule has 1 unspecified atom stereocenters. The van der Waals surface area contributed by atoms with Crippen LogP contribution in [0.1, 0.15) is 18.7 Å². The van der Waals surface area contributed by atoms with Gasteiger partial charge in [0.05, 0.1) is 6.04 Å². The van der Waals surface area contributed by atoms with E-state index in [1.165, 1.54) is 0 Å². The first-order valence-corrected chi connectivity index (χ1v) is 5.81. The van der Waals surface area contributed by atoms with Crippen molar-refractivity contribution in [3.63, 3.8) is 0 Å². The fraction of sp³-hybridized carbons (Fsp3) is 0.143. The normalized spacial score (nSPS) is 12.8. The van der Waals surface area contributed by atoms with Crippen molar-refractivity contribution in [2.24, 2.45) is 5.73 Å². The van der Waals surface area contributed by atoms with Crippen LogP contribution in [-0.4, -0.2) is 10.1 Å². The Labute approximate surface area is 104 Å². The maximum Gasteiger partial charge on any atom is 0.153 e. The van der Waals surface area contributed by atoms with Crippen molar-refractivity contribution in [2.75, 3.05) is 0 Å². The largest absolute Gasteiger partial charge is 0.359 e. The van der Waals surface area contributed by atoms with Gasteiger partial charge in [-0.2, -0.15) is 0 Å². The molecular formula is C14H13N3O. The van der Waals surface area contributed by atoms with Gasteiger partial charge in [0, 0.05) is 29.4 Å². The minimum Gasteiger partial charge on any atom is -0.359 e. The Bertz CT molecular complexity index is 683. The van der Waals surface area contributed by atoms with Crippen LogP contribution in [0.2, 0.25) is 0 Å². The molecule has 4 nitrogen and oxygen atoms in total. The summed E-state index contributed by atoms with van der Waals surface area (Å²) < 4.78 is 5.23. The Hall–Kier alpha value is -2.20. The van der Waals surface area contributed by atoms with E-state index >= 15 is 0 Å². The van der Waals surface area contributed by atoms with Crippen LogP contribution in [0.4, 0.5) is 0 Å². The van der Waals surface area contributed by atoms with Crippen LogP contribution in [0.25, 0.3) is 22.0 Å². The highest BCUT2D eigenvalue weighted by Gasteiger charge is 2.12. The summed E-state index contributed by atoms with van der Waals surface area (Å²) in [6.07, 6.45) is 3.64. The zero-order valence-corrected chi connectivity index (χ0v) is 10.00. The van der Waals surface area contributed by atoms with Crippen LogP contribution in [-0.2, 0) is 0 Å². The first-order valence-electron chi connectivity index (χ1n) is 5.81. The zero-order valence-electron chi connectivity index (χ0n) is 10.00. The molecule has 0 fully saturated rings. The van der Waals surface area contributed by atoms with Crippen LogP contribution in [0.5, 0.6) is 0 Å². The fourth-order valence-corrected chi connectivity index (χ4v) is 1.95. The third kappa shape index (κ3) is 1.76. The third-order valence-electron chi connectivity index (χ3n) is 2.92. The third-order valence-corrected chi connectivity index (χ3v) is 2.92. The molecular weight excluding hydrogens is 226 g/mol. The van der Waals surface area contributed by atoms with Crippen LogP contribution in [0, 0.1) is 0 Å². The molecule has 18 heavy (non-hydrogen) atoms. The number of pyridine rings is 1. The van der Waals surface area contributed by atoms with Crippen molar-refractivity contribution in [3.8, 4) is 11.3 Å². The number of benzene rings is 1. The van der Waals surface area contributed by atoms with Gasteiger partial charge in [0.25, 0.3) is 0 Å². The van der Waals surface area contributed by atoms with Gasteiger partial charge < -0.3 is 10.3 Å². The Morgan fingerprint density at radius 1 is 1.22 bits per heavy atom. The Balaban J connectivity index is 2.18. The molecule has 90 valence electrons. The molecule has 0 saturated carbocycles. The van der Waals surface area contributed by atoms with Crippen LogP contribution < -0.4 is 5.73 Å². The number of nitrogens with zero attached hydrogens (tertiary/aromatic N) is 2. The lowest BCUT2D eigenvalue weighted by atomic mass is 10.1. The quantitative estimate of drug-likeness (QED) is 0.746. The highest BCUT2D eigenvalue weighted by molar-refractivity contribution is 5.94. The van der Waals surface area contributed by atoms with E-state index in [2.05, 4.69) is 10.1 Å². The van der Waals surface area contributed by atoms with E-state index in [9.17, 15) is 0 Å². The summed E-state index contributed by atoms with van der Waals surface area (Å²) in [5.74, 6) is 0.679. The summed E-state index contributed by atoms with van der Waals surface area (Å²) >= 11 is 0. The van der Waals surface area contributed by atoms with Gasteiger partial charge in [-0.25, -0.2) is 0 Å². The van der Waals surface area contributed by atoms with Gasteiger partial charge in [0.2, 0.25) is 0 Å². The molecule has 3 rings (SSSR count). The number of fused-ring (bicyclic) bond motifs is 1. The SMILES string of the molecule is CC(N)c1cc(-c2cncc3ccccc23)no1. The Kier molecular flexibility index (Phi) is 2.57. The lowest BCUT2D eigenvalue weighted by Gasteiger charge is -2.01. The second kappa shape index (κ2) is 4.23. The summed E-state index contributed by atoms with van der Waals surface area (Å²) in [5, 5.41) is 6.25. The van der Waals surface area contributed by atoms with Gasteiger partial charge >= 0.3 is 0 Å². The minimum absolute atomic E-state index is 0.158. The molecule has 1 aromatic carbocycles. The number of hydrogen-bond acceptors (Lipinski definition) is 4. The van der Waals surface area contributed by atoms with Crippen molar-refractivity contribution in [1.82, 2.24) is 10.1 Å². The van der Waals surface area contributed by atoms with Crippen LogP contribution in [0.3, 0.4) is 0 Å². The van der Waals surface area contributed by atoms with Gasteiger partial charge in [0.15, 0.2) is 5.76 Å². The summed E-state index contributed by atoms with van der Waals surface area (Å²) in [5.41, 5.74) is 7.50. The highest BCUT2D eigenvalue weighted by atomic mass is 16.5. The standard InChI is InChI=1S/C14H13N3O/c1-9(15)14-6-13(17-18-14)12-8-16-7-10-4-2-3-5-11(10)12/h2-9H,15H2,1H3. The fourth-order valence-electron chi connectivity index (χ4n) is 1.95. The maximum atomic E-state index is 5.77. The van der Waals surface area contributed by atoms with Gasteiger partial charge in [-0.15, -0.1) is 0 Å². The average Bonchev–Trinajstić information content (AvgIpc) is 2.87. The summed E-state index contributed by atoms with van der Waals surface area (Å²) in [6, 6.07) is 9.77. The topological polar surface area (TPSA) is 64.9 Å². The van der Waals surface area contributed by atoms with Crippen molar-refractivity contribution in [2.45, 2.75) is 13.0 Å². The molecule has 0 aliphatic rings. The van der Waals surface area contributed by atoms with Crippen molar-refractivity contribution in [3.05, 3.63) is 48.5 Å². The molecule has 4 heteroatoms. The summed E-state index contributed by atoms with van der Waals surface area (Å²) in [4.78, 5) is 4.23. The van der Waals surface area contributed by atoms with Gasteiger partial charge in [-0.1, -0.05) is 29.4 Å². The molecule has 0 saturated heterocycles. The highest BCUT2D eigenvalue weighted by Crippen LogP contribution is 2.28. The molecule has 2 N–H and O–H groups in total. The summed E-state index contributed by atoms with van der Waals surface area (Å²) in [6.45, 7) is 1.87. The molecule has 0 radical (unpaired) electrons. The lowest BCUT2D eigenvalue weighted by Crippen LogP contribution is -2.02. The lowest BCUT2D eigenvalue weighted by molar-refractivity contribution is 0.369. The van der Waals surface area contributed by atoms with Gasteiger partial charge in [0.1, 0.15) is 5.69 Å². The predicted molar refractivity (Wildman–Crippen MR) is 69.8 cm³/mol. The number of hydrogen-bond donors (Lipinski definition) is 1. The number of nitrogens with two attached hydrogens (primary N) is 1. The van der Waals surface area contributed by atoms with E-state index in [-0.39, 0.29) is 6.04 Å². The first kappa shape index (κ1) is 10.9. The molecule has 2 aromatic heterocycles. The number of rotatable bonds is 2. The van der Waals surface area contributed by atoms with E-state index in [4.69, 9.17) is 10.3 Å². The van der Waals surface area contributed by atoms with E-state index in [0.717, 1.165) is 22.0 Å². The van der Waals surface area contributed by atoms with E-state index in [1.807, 2.05) is 43.5 Å². The monoisotopic (exact) mass is 239 g/mol. The van der Waals surface area contributed by atoms with Crippen LogP contribution in [0.15, 0.2) is 47.2 Å². The molecule has 0 aliphatic heterocycles.